The molecule has 0 atom stereocenters. The molecule has 0 amide bonds. The molecule has 1 N–H and O–H groups in total. The number of hydrogen-bond acceptors (Lipinski definition) is 6. The Kier molecular flexibility index (Phi) is 4.89. The fraction of sp³-hybridized carbons (Fsp3) is 0.125. The zero-order chi connectivity index (χ0) is 17.0. The Labute approximate surface area is 144 Å². The van der Waals surface area contributed by atoms with Gasteiger partial charge in [0.1, 0.15) is 10.8 Å². The molecule has 0 spiro atoms. The Morgan fingerprint density at radius 3 is 2.67 bits per heavy atom. The van der Waals surface area contributed by atoms with E-state index in [1.54, 1.807) is 24.5 Å². The second kappa shape index (κ2) is 7.08. The van der Waals surface area contributed by atoms with Gasteiger partial charge in [0.15, 0.2) is 0 Å². The maximum absolute atomic E-state index is 12.3. The highest BCUT2D eigenvalue weighted by Gasteiger charge is 2.15. The summed E-state index contributed by atoms with van der Waals surface area (Å²) in [5.41, 5.74) is 1.68. The van der Waals surface area contributed by atoms with Gasteiger partial charge in [-0.1, -0.05) is 0 Å². The maximum Gasteiger partial charge on any atom is 0.240 e. The lowest BCUT2D eigenvalue weighted by atomic mass is 10.2. The number of nitrogens with zero attached hydrogens (tertiary/aromatic N) is 2. The molecule has 0 bridgehead atoms. The first-order valence-corrected chi connectivity index (χ1v) is 9.43. The second-order valence-electron chi connectivity index (χ2n) is 4.87. The van der Waals surface area contributed by atoms with Crippen molar-refractivity contribution >= 4 is 21.4 Å². The predicted octanol–water partition coefficient (Wildman–Crippen LogP) is 2.69. The van der Waals surface area contributed by atoms with Gasteiger partial charge in [0.2, 0.25) is 10.0 Å². The van der Waals surface area contributed by atoms with Crippen molar-refractivity contribution in [1.29, 1.82) is 0 Å². The maximum atomic E-state index is 12.3. The molecule has 2 heterocycles. The van der Waals surface area contributed by atoms with Crippen molar-refractivity contribution in [3.8, 4) is 17.0 Å². The molecule has 8 heteroatoms. The molecule has 0 saturated heterocycles. The number of hydrogen-bond donors (Lipinski definition) is 1. The van der Waals surface area contributed by atoms with Gasteiger partial charge in [0.25, 0.3) is 0 Å². The Bertz CT molecular complexity index is 907. The second-order valence-corrected chi connectivity index (χ2v) is 7.58. The van der Waals surface area contributed by atoms with Crippen LogP contribution in [0.4, 0.5) is 0 Å². The quantitative estimate of drug-likeness (QED) is 0.730. The van der Waals surface area contributed by atoms with Crippen LogP contribution < -0.4 is 9.46 Å². The molecule has 124 valence electrons. The minimum Gasteiger partial charge on any atom is -0.497 e. The molecule has 0 unspecified atom stereocenters. The first kappa shape index (κ1) is 16.6. The average Bonchev–Trinajstić information content (AvgIpc) is 3.10. The highest BCUT2D eigenvalue weighted by atomic mass is 32.2. The molecule has 0 aliphatic carbocycles. The van der Waals surface area contributed by atoms with E-state index in [2.05, 4.69) is 14.7 Å². The first-order valence-electron chi connectivity index (χ1n) is 7.07. The molecule has 1 aromatic carbocycles. The van der Waals surface area contributed by atoms with Gasteiger partial charge >= 0.3 is 0 Å². The number of pyridine rings is 1. The molecule has 3 aromatic rings. The van der Waals surface area contributed by atoms with Crippen LogP contribution in [-0.2, 0) is 16.6 Å². The number of sulfonamides is 1. The molecule has 24 heavy (non-hydrogen) atoms. The molecule has 3 rings (SSSR count). The summed E-state index contributed by atoms with van der Waals surface area (Å²) >= 11 is 1.40. The van der Waals surface area contributed by atoms with Crippen molar-refractivity contribution in [1.82, 2.24) is 14.7 Å². The van der Waals surface area contributed by atoms with Gasteiger partial charge < -0.3 is 4.74 Å². The van der Waals surface area contributed by atoms with Gasteiger partial charge in [-0.05, 0) is 36.4 Å². The standard InChI is InChI=1S/C16H15N3O3S2/c1-22-13-4-6-14(7-5-13)24(20,21)18-10-16-19-15(11-23-16)12-3-2-8-17-9-12/h2-9,11,18H,10H2,1H3. The molecule has 0 saturated carbocycles. The van der Waals surface area contributed by atoms with Crippen LogP contribution in [0.3, 0.4) is 0 Å². The Morgan fingerprint density at radius 2 is 2.00 bits per heavy atom. The topological polar surface area (TPSA) is 81.2 Å². The average molecular weight is 361 g/mol. The van der Waals surface area contributed by atoms with Gasteiger partial charge in [-0.3, -0.25) is 4.98 Å². The summed E-state index contributed by atoms with van der Waals surface area (Å²) in [6.45, 7) is 0.138. The first-order chi connectivity index (χ1) is 11.6. The Morgan fingerprint density at radius 1 is 1.21 bits per heavy atom. The van der Waals surface area contributed by atoms with Crippen LogP contribution >= 0.6 is 11.3 Å². The summed E-state index contributed by atoms with van der Waals surface area (Å²) in [7, 11) is -2.06. The monoisotopic (exact) mass is 361 g/mol. The van der Waals surface area contributed by atoms with Gasteiger partial charge in [-0.15, -0.1) is 11.3 Å². The smallest absolute Gasteiger partial charge is 0.240 e. The summed E-state index contributed by atoms with van der Waals surface area (Å²) in [5.74, 6) is 0.606. The van der Waals surface area contributed by atoms with Gasteiger partial charge in [0, 0.05) is 23.3 Å². The van der Waals surface area contributed by atoms with Crippen molar-refractivity contribution in [2.24, 2.45) is 0 Å². The Hall–Kier alpha value is -2.29. The van der Waals surface area contributed by atoms with E-state index < -0.39 is 10.0 Å². The number of methoxy groups -OCH3 is 1. The van der Waals surface area contributed by atoms with Crippen LogP contribution in [0.25, 0.3) is 11.3 Å². The third-order valence-electron chi connectivity index (χ3n) is 3.29. The normalized spacial score (nSPS) is 11.4. The SMILES string of the molecule is COc1ccc(S(=O)(=O)NCc2nc(-c3cccnc3)cs2)cc1. The van der Waals surface area contributed by atoms with E-state index >= 15 is 0 Å². The van der Waals surface area contributed by atoms with Crippen molar-refractivity contribution in [2.45, 2.75) is 11.4 Å². The molecule has 0 aliphatic rings. The molecule has 2 aromatic heterocycles. The van der Waals surface area contributed by atoms with Gasteiger partial charge in [-0.25, -0.2) is 18.1 Å². The highest BCUT2D eigenvalue weighted by Crippen LogP contribution is 2.21. The third-order valence-corrected chi connectivity index (χ3v) is 5.56. The fourth-order valence-corrected chi connectivity index (χ4v) is 3.86. The lowest BCUT2D eigenvalue weighted by Crippen LogP contribution is -2.23. The lowest BCUT2D eigenvalue weighted by Gasteiger charge is -2.06. The molecule has 6 nitrogen and oxygen atoms in total. The van der Waals surface area contributed by atoms with Crippen molar-refractivity contribution in [3.63, 3.8) is 0 Å². The third kappa shape index (κ3) is 3.78. The van der Waals surface area contributed by atoms with E-state index in [4.69, 9.17) is 4.74 Å². The van der Waals surface area contributed by atoms with E-state index in [0.29, 0.717) is 10.8 Å². The van der Waals surface area contributed by atoms with Crippen LogP contribution in [0.15, 0.2) is 59.1 Å². The van der Waals surface area contributed by atoms with Crippen LogP contribution in [-0.4, -0.2) is 25.5 Å². The van der Waals surface area contributed by atoms with Crippen molar-refractivity contribution < 1.29 is 13.2 Å². The number of thiazole rings is 1. The number of rotatable bonds is 6. The summed E-state index contributed by atoms with van der Waals surface area (Å²) in [6, 6.07) is 9.97. The van der Waals surface area contributed by atoms with Crippen LogP contribution in [0, 0.1) is 0 Å². The highest BCUT2D eigenvalue weighted by molar-refractivity contribution is 7.89. The van der Waals surface area contributed by atoms with E-state index in [1.165, 1.54) is 30.6 Å². The molecule has 0 fully saturated rings. The number of ether oxygens (including phenoxy) is 1. The van der Waals surface area contributed by atoms with E-state index in [-0.39, 0.29) is 11.4 Å². The van der Waals surface area contributed by atoms with Crippen LogP contribution in [0.5, 0.6) is 5.75 Å². The number of benzene rings is 1. The van der Waals surface area contributed by atoms with Crippen molar-refractivity contribution in [3.05, 3.63) is 59.2 Å². The summed E-state index contributed by atoms with van der Waals surface area (Å²) in [4.78, 5) is 8.68. The predicted molar refractivity (Wildman–Crippen MR) is 92.4 cm³/mol. The lowest BCUT2D eigenvalue weighted by molar-refractivity contribution is 0.414. The molecule has 0 aliphatic heterocycles. The number of nitrogens with one attached hydrogen (secondary N) is 1. The zero-order valence-electron chi connectivity index (χ0n) is 12.8. The molecular weight excluding hydrogens is 346 g/mol. The van der Waals surface area contributed by atoms with Gasteiger partial charge in [0.05, 0.1) is 24.2 Å². The van der Waals surface area contributed by atoms with Crippen molar-refractivity contribution in [2.75, 3.05) is 7.11 Å². The molecule has 0 radical (unpaired) electrons. The fourth-order valence-electron chi connectivity index (χ4n) is 2.03. The summed E-state index contributed by atoms with van der Waals surface area (Å²) < 4.78 is 32.2. The van der Waals surface area contributed by atoms with E-state index in [9.17, 15) is 8.42 Å². The van der Waals surface area contributed by atoms with E-state index in [0.717, 1.165) is 11.3 Å². The molecular formula is C16H15N3O3S2. The largest absolute Gasteiger partial charge is 0.497 e. The van der Waals surface area contributed by atoms with Crippen LogP contribution in [0.1, 0.15) is 5.01 Å². The van der Waals surface area contributed by atoms with Crippen LogP contribution in [0.2, 0.25) is 0 Å². The van der Waals surface area contributed by atoms with Gasteiger partial charge in [-0.2, -0.15) is 0 Å². The zero-order valence-corrected chi connectivity index (χ0v) is 14.5. The minimum absolute atomic E-state index is 0.138. The Balaban J connectivity index is 1.69. The van der Waals surface area contributed by atoms with E-state index in [1.807, 2.05) is 17.5 Å². The summed E-state index contributed by atoms with van der Waals surface area (Å²) in [5, 5.41) is 2.57. The summed E-state index contributed by atoms with van der Waals surface area (Å²) in [6.07, 6.45) is 3.42. The minimum atomic E-state index is -3.59. The number of aromatic nitrogens is 2.